The van der Waals surface area contributed by atoms with Crippen LogP contribution in [0.2, 0.25) is 5.02 Å². The number of nitrogens with one attached hydrogen (secondary N) is 1. The van der Waals surface area contributed by atoms with Gasteiger partial charge in [-0.1, -0.05) is 23.7 Å². The van der Waals surface area contributed by atoms with Crippen LogP contribution in [0.5, 0.6) is 11.5 Å². The summed E-state index contributed by atoms with van der Waals surface area (Å²) in [6, 6.07) is 12.8. The van der Waals surface area contributed by atoms with Gasteiger partial charge in [-0.25, -0.2) is 0 Å². The van der Waals surface area contributed by atoms with E-state index in [-0.39, 0.29) is 17.6 Å². The summed E-state index contributed by atoms with van der Waals surface area (Å²) >= 11 is 5.88. The predicted molar refractivity (Wildman–Crippen MR) is 104 cm³/mol. The third-order valence-electron chi connectivity index (χ3n) is 4.29. The van der Waals surface area contributed by atoms with E-state index in [4.69, 9.17) is 21.1 Å². The van der Waals surface area contributed by atoms with Gasteiger partial charge in [0.15, 0.2) is 0 Å². The maximum atomic E-state index is 12.4. The predicted octanol–water partition coefficient (Wildman–Crippen LogP) is 4.78. The molecule has 0 fully saturated rings. The Bertz CT molecular complexity index is 828. The Labute approximate surface area is 158 Å². The molecule has 1 aliphatic heterocycles. The molecule has 1 N–H and O–H groups in total. The molecule has 26 heavy (non-hydrogen) atoms. The number of ether oxygens (including phenoxy) is 2. The van der Waals surface area contributed by atoms with E-state index >= 15 is 0 Å². The Morgan fingerprint density at radius 1 is 1.27 bits per heavy atom. The molecule has 1 amide bonds. The van der Waals surface area contributed by atoms with Crippen LogP contribution >= 0.6 is 11.6 Å². The summed E-state index contributed by atoms with van der Waals surface area (Å²) < 4.78 is 11.3. The summed E-state index contributed by atoms with van der Waals surface area (Å²) in [5, 5.41) is 3.74. The lowest BCUT2D eigenvalue weighted by Gasteiger charge is -2.37. The molecule has 0 radical (unpaired) electrons. The van der Waals surface area contributed by atoms with Crippen LogP contribution in [-0.2, 0) is 4.79 Å². The van der Waals surface area contributed by atoms with Crippen molar-refractivity contribution in [3.63, 3.8) is 0 Å². The van der Waals surface area contributed by atoms with E-state index < -0.39 is 0 Å². The number of amides is 1. The first-order chi connectivity index (χ1) is 12.4. The molecule has 1 aliphatic rings. The summed E-state index contributed by atoms with van der Waals surface area (Å²) in [6.45, 7) is 4.03. The van der Waals surface area contributed by atoms with Crippen molar-refractivity contribution in [1.29, 1.82) is 0 Å². The molecule has 2 aromatic rings. The molecule has 0 aliphatic carbocycles. The number of carbonyl (C=O) groups is 1. The molecule has 2 aromatic carbocycles. The molecular formula is C21H22ClNO3. The quantitative estimate of drug-likeness (QED) is 0.787. The van der Waals surface area contributed by atoms with Gasteiger partial charge in [-0.3, -0.25) is 4.79 Å². The van der Waals surface area contributed by atoms with Gasteiger partial charge in [-0.05, 0) is 55.8 Å². The summed E-state index contributed by atoms with van der Waals surface area (Å²) in [5.74, 6) is 1.36. The van der Waals surface area contributed by atoms with Gasteiger partial charge in [-0.15, -0.1) is 0 Å². The lowest BCUT2D eigenvalue weighted by Crippen LogP contribution is -2.40. The highest BCUT2D eigenvalue weighted by Gasteiger charge is 2.34. The molecule has 0 aromatic heterocycles. The van der Waals surface area contributed by atoms with Crippen LogP contribution in [0.25, 0.3) is 6.08 Å². The molecule has 0 saturated heterocycles. The lowest BCUT2D eigenvalue weighted by atomic mass is 9.89. The van der Waals surface area contributed by atoms with E-state index in [2.05, 4.69) is 5.32 Å². The Morgan fingerprint density at radius 3 is 2.69 bits per heavy atom. The third-order valence-corrected chi connectivity index (χ3v) is 4.54. The van der Waals surface area contributed by atoms with Crippen LogP contribution in [0.1, 0.15) is 37.4 Å². The van der Waals surface area contributed by atoms with Gasteiger partial charge >= 0.3 is 0 Å². The zero-order valence-electron chi connectivity index (χ0n) is 15.1. The minimum Gasteiger partial charge on any atom is -0.497 e. The standard InChI is InChI=1S/C21H22ClNO3/c1-21(2)13-18(17-12-16(25-3)9-10-19(17)26-21)23-20(24)11-6-14-4-7-15(22)8-5-14/h4-12,18H,13H2,1-3H3,(H,23,24)/b11-6+/t18-/m1/s1. The van der Waals surface area contributed by atoms with Gasteiger partial charge in [0.05, 0.1) is 13.2 Å². The minimum absolute atomic E-state index is 0.147. The Balaban J connectivity index is 1.78. The van der Waals surface area contributed by atoms with E-state index in [0.717, 1.165) is 22.6 Å². The van der Waals surface area contributed by atoms with Gasteiger partial charge in [0.2, 0.25) is 5.91 Å². The molecule has 1 atom stereocenters. The Morgan fingerprint density at radius 2 is 2.00 bits per heavy atom. The van der Waals surface area contributed by atoms with E-state index in [1.165, 1.54) is 6.08 Å². The van der Waals surface area contributed by atoms with Crippen molar-refractivity contribution in [3.8, 4) is 11.5 Å². The van der Waals surface area contributed by atoms with Crippen molar-refractivity contribution in [3.05, 3.63) is 64.7 Å². The van der Waals surface area contributed by atoms with E-state index in [9.17, 15) is 4.79 Å². The lowest BCUT2D eigenvalue weighted by molar-refractivity contribution is -0.117. The maximum absolute atomic E-state index is 12.4. The van der Waals surface area contributed by atoms with Crippen LogP contribution in [0, 0.1) is 0 Å². The molecule has 0 bridgehead atoms. The molecular weight excluding hydrogens is 350 g/mol. The number of methoxy groups -OCH3 is 1. The highest BCUT2D eigenvalue weighted by atomic mass is 35.5. The van der Waals surface area contributed by atoms with Crippen LogP contribution in [0.4, 0.5) is 0 Å². The average molecular weight is 372 g/mol. The number of hydrogen-bond acceptors (Lipinski definition) is 3. The van der Waals surface area contributed by atoms with Crippen LogP contribution in [0.3, 0.4) is 0 Å². The van der Waals surface area contributed by atoms with E-state index in [1.807, 2.05) is 44.2 Å². The van der Waals surface area contributed by atoms with Crippen molar-refractivity contribution in [2.45, 2.75) is 31.9 Å². The Hall–Kier alpha value is -2.46. The maximum Gasteiger partial charge on any atom is 0.244 e. The average Bonchev–Trinajstić information content (AvgIpc) is 2.60. The molecule has 5 heteroatoms. The molecule has 0 unspecified atom stereocenters. The highest BCUT2D eigenvalue weighted by molar-refractivity contribution is 6.30. The fourth-order valence-electron chi connectivity index (χ4n) is 3.05. The fourth-order valence-corrected chi connectivity index (χ4v) is 3.18. The molecule has 4 nitrogen and oxygen atoms in total. The smallest absolute Gasteiger partial charge is 0.244 e. The van der Waals surface area contributed by atoms with Crippen molar-refractivity contribution < 1.29 is 14.3 Å². The number of carbonyl (C=O) groups excluding carboxylic acids is 1. The second-order valence-electron chi connectivity index (χ2n) is 6.92. The minimum atomic E-state index is -0.362. The van der Waals surface area contributed by atoms with Gasteiger partial charge in [0, 0.05) is 23.1 Å². The first-order valence-electron chi connectivity index (χ1n) is 8.47. The number of halogens is 1. The zero-order valence-corrected chi connectivity index (χ0v) is 15.8. The second kappa shape index (κ2) is 7.42. The SMILES string of the molecule is COc1ccc2c(c1)[C@H](NC(=O)/C=C/c1ccc(Cl)cc1)CC(C)(C)O2. The summed E-state index contributed by atoms with van der Waals surface area (Å²) in [4.78, 5) is 12.4. The molecule has 3 rings (SSSR count). The molecule has 1 heterocycles. The fraction of sp³-hybridized carbons (Fsp3) is 0.286. The monoisotopic (exact) mass is 371 g/mol. The van der Waals surface area contributed by atoms with Gasteiger partial charge in [0.1, 0.15) is 17.1 Å². The highest BCUT2D eigenvalue weighted by Crippen LogP contribution is 2.41. The largest absolute Gasteiger partial charge is 0.497 e. The van der Waals surface area contributed by atoms with Crippen LogP contribution in [0.15, 0.2) is 48.5 Å². The number of fused-ring (bicyclic) bond motifs is 1. The van der Waals surface area contributed by atoms with Crippen molar-refractivity contribution in [1.82, 2.24) is 5.32 Å². The Kier molecular flexibility index (Phi) is 5.23. The summed E-state index contributed by atoms with van der Waals surface area (Å²) in [6.07, 6.45) is 3.97. The van der Waals surface area contributed by atoms with Gasteiger partial charge in [0.25, 0.3) is 0 Å². The van der Waals surface area contributed by atoms with Gasteiger partial charge in [-0.2, -0.15) is 0 Å². The number of rotatable bonds is 4. The summed E-state index contributed by atoms with van der Waals surface area (Å²) in [5.41, 5.74) is 1.48. The molecule has 0 spiro atoms. The second-order valence-corrected chi connectivity index (χ2v) is 7.35. The third kappa shape index (κ3) is 4.38. The van der Waals surface area contributed by atoms with Gasteiger partial charge < -0.3 is 14.8 Å². The summed E-state index contributed by atoms with van der Waals surface area (Å²) in [7, 11) is 1.62. The zero-order chi connectivity index (χ0) is 18.7. The van der Waals surface area contributed by atoms with Crippen molar-refractivity contribution in [2.75, 3.05) is 7.11 Å². The first-order valence-corrected chi connectivity index (χ1v) is 8.85. The van der Waals surface area contributed by atoms with Crippen molar-refractivity contribution >= 4 is 23.6 Å². The first kappa shape index (κ1) is 18.3. The van der Waals surface area contributed by atoms with E-state index in [0.29, 0.717) is 11.4 Å². The number of hydrogen-bond donors (Lipinski definition) is 1. The van der Waals surface area contributed by atoms with Crippen molar-refractivity contribution in [2.24, 2.45) is 0 Å². The molecule has 0 saturated carbocycles. The van der Waals surface area contributed by atoms with Crippen LogP contribution in [-0.4, -0.2) is 18.6 Å². The van der Waals surface area contributed by atoms with E-state index in [1.54, 1.807) is 25.3 Å². The normalized spacial score (nSPS) is 18.1. The molecule has 136 valence electrons. The topological polar surface area (TPSA) is 47.6 Å². The number of benzene rings is 2. The van der Waals surface area contributed by atoms with Crippen LogP contribution < -0.4 is 14.8 Å².